The van der Waals surface area contributed by atoms with Crippen molar-refractivity contribution in [2.45, 2.75) is 9.79 Å². The Hall–Kier alpha value is -4.03. The molecule has 9 heteroatoms. The zero-order valence-corrected chi connectivity index (χ0v) is 16.2. The summed E-state index contributed by atoms with van der Waals surface area (Å²) in [6, 6.07) is 20.4. The van der Waals surface area contributed by atoms with Gasteiger partial charge in [-0.25, -0.2) is 9.07 Å². The number of nitrogens with one attached hydrogen (secondary N) is 1. The van der Waals surface area contributed by atoms with Gasteiger partial charge in [-0.3, -0.25) is 4.79 Å². The van der Waals surface area contributed by atoms with Gasteiger partial charge in [0.1, 0.15) is 18.2 Å². The number of benzene rings is 3. The Morgan fingerprint density at radius 1 is 1.07 bits per heavy atom. The fourth-order valence-electron chi connectivity index (χ4n) is 2.73. The van der Waals surface area contributed by atoms with Crippen molar-refractivity contribution in [3.05, 3.63) is 90.0 Å². The summed E-state index contributed by atoms with van der Waals surface area (Å²) >= 11 is 1.30. The van der Waals surface area contributed by atoms with Gasteiger partial charge in [0.2, 0.25) is 0 Å². The van der Waals surface area contributed by atoms with E-state index in [1.54, 1.807) is 36.4 Å². The number of nitriles is 1. The van der Waals surface area contributed by atoms with Crippen LogP contribution >= 0.6 is 11.8 Å². The molecule has 1 heterocycles. The summed E-state index contributed by atoms with van der Waals surface area (Å²) in [6.45, 7) is 0. The van der Waals surface area contributed by atoms with Crippen molar-refractivity contribution in [2.75, 3.05) is 5.32 Å². The van der Waals surface area contributed by atoms with Crippen LogP contribution in [0.2, 0.25) is 0 Å². The second-order valence-electron chi connectivity index (χ2n) is 6.08. The van der Waals surface area contributed by atoms with Gasteiger partial charge in [-0.2, -0.15) is 5.26 Å². The Bertz CT molecular complexity index is 1250. The van der Waals surface area contributed by atoms with Gasteiger partial charge in [0, 0.05) is 9.79 Å². The summed E-state index contributed by atoms with van der Waals surface area (Å²) in [7, 11) is 0. The van der Waals surface area contributed by atoms with Crippen LogP contribution in [0.1, 0.15) is 15.9 Å². The van der Waals surface area contributed by atoms with Crippen LogP contribution in [0, 0.1) is 17.1 Å². The third-order valence-electron chi connectivity index (χ3n) is 4.17. The number of halogens is 1. The maximum Gasteiger partial charge on any atom is 0.256 e. The Morgan fingerprint density at radius 3 is 2.60 bits per heavy atom. The molecule has 1 amide bonds. The molecule has 3 aromatic carbocycles. The highest BCUT2D eigenvalue weighted by Gasteiger charge is 2.16. The van der Waals surface area contributed by atoms with Gasteiger partial charge in [-0.05, 0) is 52.9 Å². The molecule has 0 fully saturated rings. The van der Waals surface area contributed by atoms with E-state index >= 15 is 0 Å². The molecular weight excluding hydrogens is 403 g/mol. The van der Waals surface area contributed by atoms with E-state index in [2.05, 4.69) is 26.9 Å². The molecule has 0 atom stereocenters. The number of hydrogen-bond donors (Lipinski definition) is 1. The van der Waals surface area contributed by atoms with Crippen LogP contribution in [0.4, 0.5) is 10.1 Å². The summed E-state index contributed by atoms with van der Waals surface area (Å²) in [6.07, 6.45) is 1.37. The number of carbonyl (C=O) groups excluding carboxylic acids is 1. The first-order valence-corrected chi connectivity index (χ1v) is 9.57. The van der Waals surface area contributed by atoms with E-state index < -0.39 is 11.7 Å². The molecule has 0 aliphatic carbocycles. The summed E-state index contributed by atoms with van der Waals surface area (Å²) in [5.41, 5.74) is 1.38. The topological polar surface area (TPSA) is 96.5 Å². The normalized spacial score (nSPS) is 10.4. The molecule has 1 N–H and O–H groups in total. The van der Waals surface area contributed by atoms with Crippen LogP contribution in [-0.4, -0.2) is 26.1 Å². The van der Waals surface area contributed by atoms with Gasteiger partial charge in [0.25, 0.3) is 5.91 Å². The Labute approximate surface area is 175 Å². The maximum atomic E-state index is 14.3. The Balaban J connectivity index is 1.62. The molecule has 4 rings (SSSR count). The fourth-order valence-corrected chi connectivity index (χ4v) is 3.75. The number of tetrazole rings is 1. The minimum absolute atomic E-state index is 0.00484. The summed E-state index contributed by atoms with van der Waals surface area (Å²) in [5.74, 6) is -1.06. The van der Waals surface area contributed by atoms with Crippen molar-refractivity contribution in [3.8, 4) is 11.8 Å². The highest BCUT2D eigenvalue weighted by atomic mass is 32.2. The number of hydrogen-bond acceptors (Lipinski definition) is 6. The lowest BCUT2D eigenvalue weighted by Crippen LogP contribution is -2.14. The predicted octanol–water partition coefficient (Wildman–Crippen LogP) is 4.08. The van der Waals surface area contributed by atoms with E-state index in [0.29, 0.717) is 21.7 Å². The largest absolute Gasteiger partial charge is 0.319 e. The van der Waals surface area contributed by atoms with Gasteiger partial charge >= 0.3 is 0 Å². The lowest BCUT2D eigenvalue weighted by atomic mass is 10.2. The van der Waals surface area contributed by atoms with Crippen LogP contribution in [0.3, 0.4) is 0 Å². The molecule has 4 aromatic rings. The summed E-state index contributed by atoms with van der Waals surface area (Å²) in [4.78, 5) is 14.3. The van der Waals surface area contributed by atoms with Crippen molar-refractivity contribution < 1.29 is 9.18 Å². The number of amides is 1. The van der Waals surface area contributed by atoms with Crippen molar-refractivity contribution in [1.82, 2.24) is 20.2 Å². The van der Waals surface area contributed by atoms with Gasteiger partial charge in [0.15, 0.2) is 0 Å². The molecule has 0 saturated heterocycles. The quantitative estimate of drug-likeness (QED) is 0.527. The molecule has 1 aromatic heterocycles. The highest BCUT2D eigenvalue weighted by Crippen LogP contribution is 2.33. The summed E-state index contributed by atoms with van der Waals surface area (Å²) in [5, 5.41) is 22.8. The SMILES string of the molecule is N#Cc1ccccc1Sc1ccccc1C(=O)Nc1cc(-n2cnnn2)ccc1F. The fraction of sp³-hybridized carbons (Fsp3) is 0. The molecule has 0 radical (unpaired) electrons. The molecule has 7 nitrogen and oxygen atoms in total. The predicted molar refractivity (Wildman–Crippen MR) is 109 cm³/mol. The molecule has 0 aliphatic rings. The lowest BCUT2D eigenvalue weighted by Gasteiger charge is -2.12. The van der Waals surface area contributed by atoms with E-state index in [4.69, 9.17) is 0 Å². The molecule has 0 aliphatic heterocycles. The van der Waals surface area contributed by atoms with Crippen molar-refractivity contribution in [2.24, 2.45) is 0 Å². The standard InChI is InChI=1S/C21H13FN6OS/c22-17-10-9-15(28-13-24-26-27-28)11-18(17)25-21(29)16-6-2-4-8-20(16)30-19-7-3-1-5-14(19)12-23/h1-11,13H,(H,25,29). The third-order valence-corrected chi connectivity index (χ3v) is 5.32. The first-order valence-electron chi connectivity index (χ1n) is 8.76. The smallest absolute Gasteiger partial charge is 0.256 e. The van der Waals surface area contributed by atoms with Crippen LogP contribution in [0.25, 0.3) is 5.69 Å². The van der Waals surface area contributed by atoms with Crippen LogP contribution in [-0.2, 0) is 0 Å². The molecule has 0 bridgehead atoms. The van der Waals surface area contributed by atoms with Crippen LogP contribution < -0.4 is 5.32 Å². The summed E-state index contributed by atoms with van der Waals surface area (Å²) < 4.78 is 15.7. The minimum Gasteiger partial charge on any atom is -0.319 e. The van der Waals surface area contributed by atoms with Gasteiger partial charge < -0.3 is 5.32 Å². The minimum atomic E-state index is -0.583. The van der Waals surface area contributed by atoms with E-state index in [0.717, 1.165) is 4.90 Å². The molecular formula is C21H13FN6OS. The van der Waals surface area contributed by atoms with E-state index in [-0.39, 0.29) is 5.69 Å². The van der Waals surface area contributed by atoms with Crippen LogP contribution in [0.15, 0.2) is 82.8 Å². The molecule has 0 unspecified atom stereocenters. The number of nitrogens with zero attached hydrogens (tertiary/aromatic N) is 5. The number of aromatic nitrogens is 4. The van der Waals surface area contributed by atoms with E-state index in [9.17, 15) is 14.4 Å². The second kappa shape index (κ2) is 8.55. The first-order chi connectivity index (χ1) is 14.7. The van der Waals surface area contributed by atoms with Crippen molar-refractivity contribution in [1.29, 1.82) is 5.26 Å². The molecule has 0 saturated carbocycles. The molecule has 30 heavy (non-hydrogen) atoms. The Kier molecular flexibility index (Phi) is 5.50. The van der Waals surface area contributed by atoms with Crippen molar-refractivity contribution in [3.63, 3.8) is 0 Å². The third kappa shape index (κ3) is 4.04. The van der Waals surface area contributed by atoms with Gasteiger partial charge in [-0.15, -0.1) is 5.10 Å². The van der Waals surface area contributed by atoms with E-state index in [1.807, 2.05) is 12.1 Å². The lowest BCUT2D eigenvalue weighted by molar-refractivity contribution is 0.102. The average molecular weight is 416 g/mol. The Morgan fingerprint density at radius 2 is 1.83 bits per heavy atom. The zero-order valence-electron chi connectivity index (χ0n) is 15.4. The first kappa shape index (κ1) is 19.3. The number of carbonyl (C=O) groups is 1. The zero-order chi connectivity index (χ0) is 20.9. The monoisotopic (exact) mass is 416 g/mol. The molecule has 146 valence electrons. The van der Waals surface area contributed by atoms with Gasteiger partial charge in [0.05, 0.1) is 22.5 Å². The van der Waals surface area contributed by atoms with Gasteiger partial charge in [-0.1, -0.05) is 36.0 Å². The average Bonchev–Trinajstić information content (AvgIpc) is 3.31. The highest BCUT2D eigenvalue weighted by molar-refractivity contribution is 7.99. The van der Waals surface area contributed by atoms with E-state index in [1.165, 1.54) is 41.0 Å². The number of anilines is 1. The second-order valence-corrected chi connectivity index (χ2v) is 7.16. The maximum absolute atomic E-state index is 14.3. The number of rotatable bonds is 5. The van der Waals surface area contributed by atoms with Crippen molar-refractivity contribution >= 4 is 23.4 Å². The molecule has 0 spiro atoms. The van der Waals surface area contributed by atoms with Crippen LogP contribution in [0.5, 0.6) is 0 Å².